The maximum Gasteiger partial charge on any atom is 0.259 e. The van der Waals surface area contributed by atoms with Crippen molar-refractivity contribution < 1.29 is 14.0 Å². The summed E-state index contributed by atoms with van der Waals surface area (Å²) in [5.41, 5.74) is 4.67. The molecular weight excluding hydrogens is 343 g/mol. The fraction of sp³-hybridized carbons (Fsp3) is 0.364. The average molecular weight is 366 g/mol. The first-order valence-electron chi connectivity index (χ1n) is 9.66. The number of nitrogens with one attached hydrogen (secondary N) is 1. The maximum absolute atomic E-state index is 13.5. The standard InChI is InChI=1S/C22H23FN2O2/c1-2-6-16-19(14-7-9-15(23)10-8-14)18(25-11-4-3-5-12-25)13-17-20(16)22(27)24-21(17)26/h7-10,13H,2-6,11-12H2,1H3,(H,24,26,27). The number of hydrogen-bond donors (Lipinski definition) is 1. The zero-order chi connectivity index (χ0) is 19.0. The van der Waals surface area contributed by atoms with Gasteiger partial charge in [0.05, 0.1) is 11.1 Å². The Balaban J connectivity index is 2.00. The number of piperidine rings is 1. The van der Waals surface area contributed by atoms with Crippen LogP contribution in [0.4, 0.5) is 10.1 Å². The van der Waals surface area contributed by atoms with Crippen LogP contribution in [-0.4, -0.2) is 24.9 Å². The van der Waals surface area contributed by atoms with Crippen molar-refractivity contribution in [3.63, 3.8) is 0 Å². The van der Waals surface area contributed by atoms with Crippen molar-refractivity contribution in [1.29, 1.82) is 0 Å². The predicted molar refractivity (Wildman–Crippen MR) is 104 cm³/mol. The molecular formula is C22H23FN2O2. The number of anilines is 1. The summed E-state index contributed by atoms with van der Waals surface area (Å²) in [4.78, 5) is 27.2. The quantitative estimate of drug-likeness (QED) is 0.820. The summed E-state index contributed by atoms with van der Waals surface area (Å²) in [5.74, 6) is -0.937. The summed E-state index contributed by atoms with van der Waals surface area (Å²) in [6, 6.07) is 8.28. The van der Waals surface area contributed by atoms with Crippen LogP contribution in [0.2, 0.25) is 0 Å². The SMILES string of the molecule is CCCc1c2c(cc(N3CCCCC3)c1-c1ccc(F)cc1)C(=O)NC2=O. The zero-order valence-corrected chi connectivity index (χ0v) is 15.5. The minimum atomic E-state index is -0.327. The Morgan fingerprint density at radius 1 is 1.00 bits per heavy atom. The van der Waals surface area contributed by atoms with Crippen LogP contribution >= 0.6 is 0 Å². The van der Waals surface area contributed by atoms with Gasteiger partial charge in [-0.05, 0) is 55.0 Å². The molecule has 2 aliphatic rings. The van der Waals surface area contributed by atoms with Crippen LogP contribution in [0, 0.1) is 5.82 Å². The number of halogens is 1. The van der Waals surface area contributed by atoms with Gasteiger partial charge >= 0.3 is 0 Å². The van der Waals surface area contributed by atoms with Gasteiger partial charge in [0.25, 0.3) is 11.8 Å². The molecule has 0 unspecified atom stereocenters. The highest BCUT2D eigenvalue weighted by molar-refractivity contribution is 6.23. The Bertz CT molecular complexity index is 900. The lowest BCUT2D eigenvalue weighted by molar-refractivity contribution is 0.0879. The van der Waals surface area contributed by atoms with Gasteiger partial charge in [0.1, 0.15) is 5.82 Å². The van der Waals surface area contributed by atoms with Crippen molar-refractivity contribution in [3.8, 4) is 11.1 Å². The lowest BCUT2D eigenvalue weighted by Gasteiger charge is -2.32. The van der Waals surface area contributed by atoms with Crippen molar-refractivity contribution in [1.82, 2.24) is 5.32 Å². The van der Waals surface area contributed by atoms with E-state index >= 15 is 0 Å². The van der Waals surface area contributed by atoms with E-state index in [4.69, 9.17) is 0 Å². The molecule has 2 aliphatic heterocycles. The third-order valence-electron chi connectivity index (χ3n) is 5.44. The van der Waals surface area contributed by atoms with Gasteiger partial charge in [-0.15, -0.1) is 0 Å². The molecule has 2 aromatic rings. The predicted octanol–water partition coefficient (Wildman–Crippen LogP) is 4.32. The van der Waals surface area contributed by atoms with Crippen molar-refractivity contribution in [2.24, 2.45) is 0 Å². The number of benzene rings is 2. The molecule has 1 saturated heterocycles. The minimum absolute atomic E-state index is 0.288. The molecule has 27 heavy (non-hydrogen) atoms. The second kappa shape index (κ2) is 7.14. The van der Waals surface area contributed by atoms with Gasteiger partial charge in [-0.2, -0.15) is 0 Å². The van der Waals surface area contributed by atoms with E-state index in [1.807, 2.05) is 6.07 Å². The van der Waals surface area contributed by atoms with Crippen molar-refractivity contribution in [2.75, 3.05) is 18.0 Å². The number of carbonyl (C=O) groups is 2. The minimum Gasteiger partial charge on any atom is -0.371 e. The fourth-order valence-electron chi connectivity index (χ4n) is 4.22. The second-order valence-corrected chi connectivity index (χ2v) is 7.26. The molecule has 4 nitrogen and oxygen atoms in total. The number of carbonyl (C=O) groups excluding carboxylic acids is 2. The largest absolute Gasteiger partial charge is 0.371 e. The highest BCUT2D eigenvalue weighted by Crippen LogP contribution is 2.41. The molecule has 0 aromatic heterocycles. The van der Waals surface area contributed by atoms with Crippen LogP contribution in [-0.2, 0) is 6.42 Å². The molecule has 4 rings (SSSR count). The van der Waals surface area contributed by atoms with Crippen LogP contribution in [0.3, 0.4) is 0 Å². The number of nitrogens with zero attached hydrogens (tertiary/aromatic N) is 1. The zero-order valence-electron chi connectivity index (χ0n) is 15.5. The third-order valence-corrected chi connectivity index (χ3v) is 5.44. The third kappa shape index (κ3) is 3.11. The second-order valence-electron chi connectivity index (χ2n) is 7.26. The number of rotatable bonds is 4. The smallest absolute Gasteiger partial charge is 0.259 e. The number of imide groups is 1. The lowest BCUT2D eigenvalue weighted by atomic mass is 9.87. The van der Waals surface area contributed by atoms with Crippen LogP contribution in [0.25, 0.3) is 11.1 Å². The van der Waals surface area contributed by atoms with Gasteiger partial charge in [0.15, 0.2) is 0 Å². The average Bonchev–Trinajstić information content (AvgIpc) is 2.97. The number of fused-ring (bicyclic) bond motifs is 1. The highest BCUT2D eigenvalue weighted by Gasteiger charge is 2.33. The molecule has 1 N–H and O–H groups in total. The van der Waals surface area contributed by atoms with E-state index in [-0.39, 0.29) is 17.6 Å². The number of hydrogen-bond acceptors (Lipinski definition) is 3. The summed E-state index contributed by atoms with van der Waals surface area (Å²) < 4.78 is 13.5. The lowest BCUT2D eigenvalue weighted by Crippen LogP contribution is -2.30. The Morgan fingerprint density at radius 3 is 2.37 bits per heavy atom. The summed E-state index contributed by atoms with van der Waals surface area (Å²) in [6.45, 7) is 3.91. The Kier molecular flexibility index (Phi) is 4.68. The fourth-order valence-corrected chi connectivity index (χ4v) is 4.22. The van der Waals surface area contributed by atoms with Gasteiger partial charge in [-0.25, -0.2) is 4.39 Å². The Morgan fingerprint density at radius 2 is 1.70 bits per heavy atom. The van der Waals surface area contributed by atoms with Crippen molar-refractivity contribution >= 4 is 17.5 Å². The summed E-state index contributed by atoms with van der Waals surface area (Å²) in [7, 11) is 0. The van der Waals surface area contributed by atoms with E-state index in [9.17, 15) is 14.0 Å². The molecule has 2 aromatic carbocycles. The summed E-state index contributed by atoms with van der Waals surface area (Å²) in [5, 5.41) is 2.44. The van der Waals surface area contributed by atoms with E-state index in [2.05, 4.69) is 17.1 Å². The maximum atomic E-state index is 13.5. The van der Waals surface area contributed by atoms with E-state index in [0.29, 0.717) is 17.5 Å². The van der Waals surface area contributed by atoms with E-state index < -0.39 is 0 Å². The van der Waals surface area contributed by atoms with Crippen LogP contribution < -0.4 is 10.2 Å². The van der Waals surface area contributed by atoms with E-state index in [1.54, 1.807) is 12.1 Å². The molecule has 0 spiro atoms. The van der Waals surface area contributed by atoms with Gasteiger partial charge < -0.3 is 4.90 Å². The van der Waals surface area contributed by atoms with Gasteiger partial charge in [-0.3, -0.25) is 14.9 Å². The van der Waals surface area contributed by atoms with E-state index in [1.165, 1.54) is 18.6 Å². The van der Waals surface area contributed by atoms with Crippen molar-refractivity contribution in [3.05, 3.63) is 52.8 Å². The van der Waals surface area contributed by atoms with Crippen LogP contribution in [0.15, 0.2) is 30.3 Å². The monoisotopic (exact) mass is 366 g/mol. The molecule has 0 saturated carbocycles. The molecule has 0 bridgehead atoms. The Labute approximate surface area is 158 Å². The van der Waals surface area contributed by atoms with E-state index in [0.717, 1.165) is 54.7 Å². The van der Waals surface area contributed by atoms with Gasteiger partial charge in [0, 0.05) is 24.3 Å². The molecule has 2 amide bonds. The first kappa shape index (κ1) is 17.7. The molecule has 1 fully saturated rings. The Hall–Kier alpha value is -2.69. The highest BCUT2D eigenvalue weighted by atomic mass is 19.1. The summed E-state index contributed by atoms with van der Waals surface area (Å²) in [6.07, 6.45) is 4.96. The molecule has 0 aliphatic carbocycles. The molecule has 5 heteroatoms. The van der Waals surface area contributed by atoms with Crippen LogP contribution in [0.5, 0.6) is 0 Å². The van der Waals surface area contributed by atoms with Crippen molar-refractivity contribution in [2.45, 2.75) is 39.0 Å². The topological polar surface area (TPSA) is 49.4 Å². The molecule has 140 valence electrons. The van der Waals surface area contributed by atoms with Gasteiger partial charge in [0.2, 0.25) is 0 Å². The number of amides is 2. The molecule has 0 radical (unpaired) electrons. The molecule has 2 heterocycles. The molecule has 0 atom stereocenters. The normalized spacial score (nSPS) is 16.4. The summed E-state index contributed by atoms with van der Waals surface area (Å²) >= 11 is 0. The van der Waals surface area contributed by atoms with Crippen LogP contribution in [0.1, 0.15) is 58.9 Å². The first-order valence-corrected chi connectivity index (χ1v) is 9.66. The first-order chi connectivity index (χ1) is 13.1. The van der Waals surface area contributed by atoms with Gasteiger partial charge in [-0.1, -0.05) is 25.5 Å².